The van der Waals surface area contributed by atoms with Crippen LogP contribution in [-0.2, 0) is 4.79 Å². The molecule has 0 aromatic carbocycles. The third kappa shape index (κ3) is 3.02. The molecular formula is C11H13NO2S. The summed E-state index contributed by atoms with van der Waals surface area (Å²) in [5.74, 6) is -0.409. The second-order valence-corrected chi connectivity index (χ2v) is 4.32. The van der Waals surface area contributed by atoms with Gasteiger partial charge in [0.1, 0.15) is 0 Å². The van der Waals surface area contributed by atoms with Crippen LogP contribution >= 0.6 is 11.3 Å². The van der Waals surface area contributed by atoms with Gasteiger partial charge in [0.05, 0.1) is 10.5 Å². The van der Waals surface area contributed by atoms with Gasteiger partial charge in [-0.1, -0.05) is 6.07 Å². The maximum absolute atomic E-state index is 11.9. The van der Waals surface area contributed by atoms with Crippen LogP contribution in [0, 0.1) is 0 Å². The molecule has 15 heavy (non-hydrogen) atoms. The molecule has 0 spiro atoms. The van der Waals surface area contributed by atoms with Crippen LogP contribution in [0.1, 0.15) is 16.6 Å². The van der Waals surface area contributed by atoms with Crippen LogP contribution in [0.25, 0.3) is 0 Å². The van der Waals surface area contributed by atoms with Gasteiger partial charge in [-0.3, -0.25) is 9.59 Å². The molecule has 4 heteroatoms. The second-order valence-electron chi connectivity index (χ2n) is 3.37. The lowest BCUT2D eigenvalue weighted by atomic mass is 10.1. The molecule has 0 unspecified atom stereocenters. The first kappa shape index (κ1) is 11.7. The third-order valence-corrected chi connectivity index (χ3v) is 2.62. The largest absolute Gasteiger partial charge is 0.383 e. The van der Waals surface area contributed by atoms with E-state index in [1.165, 1.54) is 18.3 Å². The molecule has 0 radical (unpaired) electrons. The first-order chi connectivity index (χ1) is 7.02. The van der Waals surface area contributed by atoms with Crippen LogP contribution in [0.5, 0.6) is 0 Å². The van der Waals surface area contributed by atoms with Gasteiger partial charge in [-0.25, -0.2) is 0 Å². The Morgan fingerprint density at radius 2 is 2.07 bits per heavy atom. The van der Waals surface area contributed by atoms with Gasteiger partial charge in [-0.05, 0) is 18.4 Å². The highest BCUT2D eigenvalue weighted by Crippen LogP contribution is 2.15. The molecule has 3 nitrogen and oxygen atoms in total. The van der Waals surface area contributed by atoms with E-state index in [1.54, 1.807) is 37.3 Å². The quantitative estimate of drug-likeness (QED) is 0.339. The Morgan fingerprint density at radius 3 is 2.47 bits per heavy atom. The van der Waals surface area contributed by atoms with Crippen molar-refractivity contribution in [3.63, 3.8) is 0 Å². The van der Waals surface area contributed by atoms with Crippen LogP contribution in [0.3, 0.4) is 0 Å². The van der Waals surface area contributed by atoms with Gasteiger partial charge in [-0.15, -0.1) is 11.3 Å². The fourth-order valence-electron chi connectivity index (χ4n) is 1.11. The lowest BCUT2D eigenvalue weighted by molar-refractivity contribution is -0.113. The lowest BCUT2D eigenvalue weighted by Crippen LogP contribution is -2.14. The smallest absolute Gasteiger partial charge is 0.207 e. The molecule has 0 aliphatic rings. The van der Waals surface area contributed by atoms with Crippen molar-refractivity contribution < 1.29 is 9.59 Å². The van der Waals surface area contributed by atoms with Crippen molar-refractivity contribution in [2.75, 3.05) is 14.1 Å². The Labute approximate surface area is 93.0 Å². The normalized spacial score (nSPS) is 11.3. The Kier molecular flexibility index (Phi) is 3.80. The minimum Gasteiger partial charge on any atom is -0.383 e. The zero-order chi connectivity index (χ0) is 11.4. The number of thiophene rings is 1. The Balaban J connectivity index is 3.02. The Bertz CT molecular complexity index is 391. The van der Waals surface area contributed by atoms with Gasteiger partial charge in [-0.2, -0.15) is 0 Å². The number of nitrogens with zero attached hydrogens (tertiary/aromatic N) is 1. The summed E-state index contributed by atoms with van der Waals surface area (Å²) in [6.07, 6.45) is 1.56. The zero-order valence-electron chi connectivity index (χ0n) is 8.98. The average molecular weight is 223 g/mol. The van der Waals surface area contributed by atoms with E-state index < -0.39 is 0 Å². The summed E-state index contributed by atoms with van der Waals surface area (Å²) in [7, 11) is 3.56. The molecule has 0 aliphatic heterocycles. The fraction of sp³-hybridized carbons (Fsp3) is 0.273. The monoisotopic (exact) mass is 223 g/mol. The first-order valence-corrected chi connectivity index (χ1v) is 5.37. The van der Waals surface area contributed by atoms with Crippen molar-refractivity contribution in [3.05, 3.63) is 34.2 Å². The molecule has 0 saturated heterocycles. The second kappa shape index (κ2) is 4.89. The molecule has 1 aromatic heterocycles. The summed E-state index contributed by atoms with van der Waals surface area (Å²) < 4.78 is 0. The number of hydrogen-bond donors (Lipinski definition) is 0. The van der Waals surface area contributed by atoms with E-state index in [0.717, 1.165) is 0 Å². The van der Waals surface area contributed by atoms with E-state index in [0.29, 0.717) is 4.88 Å². The highest BCUT2D eigenvalue weighted by Gasteiger charge is 2.17. The molecule has 0 amide bonds. The molecule has 1 heterocycles. The van der Waals surface area contributed by atoms with E-state index in [2.05, 4.69) is 0 Å². The van der Waals surface area contributed by atoms with Crippen molar-refractivity contribution in [2.45, 2.75) is 6.92 Å². The van der Waals surface area contributed by atoms with Gasteiger partial charge in [0.2, 0.25) is 5.78 Å². The maximum Gasteiger partial charge on any atom is 0.207 e. The van der Waals surface area contributed by atoms with Gasteiger partial charge in [0.25, 0.3) is 0 Å². The van der Waals surface area contributed by atoms with Crippen LogP contribution < -0.4 is 0 Å². The summed E-state index contributed by atoms with van der Waals surface area (Å²) in [5.41, 5.74) is 0.224. The van der Waals surface area contributed by atoms with Crippen molar-refractivity contribution in [1.29, 1.82) is 0 Å². The minimum absolute atomic E-state index is 0.203. The van der Waals surface area contributed by atoms with E-state index >= 15 is 0 Å². The molecule has 1 aromatic rings. The summed E-state index contributed by atoms with van der Waals surface area (Å²) in [6.45, 7) is 1.40. The Hall–Kier alpha value is -1.42. The summed E-state index contributed by atoms with van der Waals surface area (Å²) in [6, 6.07) is 3.52. The van der Waals surface area contributed by atoms with Crippen LogP contribution in [0.4, 0.5) is 0 Å². The summed E-state index contributed by atoms with van der Waals surface area (Å²) >= 11 is 1.34. The third-order valence-electron chi connectivity index (χ3n) is 1.76. The lowest BCUT2D eigenvalue weighted by Gasteiger charge is -2.07. The SMILES string of the molecule is CC(=O)C(=CN(C)C)C(=O)c1cccs1. The summed E-state index contributed by atoms with van der Waals surface area (Å²) in [4.78, 5) is 25.5. The predicted octanol–water partition coefficient (Wildman–Crippen LogP) is 1.97. The molecular weight excluding hydrogens is 210 g/mol. The number of hydrogen-bond acceptors (Lipinski definition) is 4. The first-order valence-electron chi connectivity index (χ1n) is 4.49. The minimum atomic E-state index is -0.206. The van der Waals surface area contributed by atoms with Crippen molar-refractivity contribution in [1.82, 2.24) is 4.90 Å². The number of carbonyl (C=O) groups excluding carboxylic acids is 2. The summed E-state index contributed by atoms with van der Waals surface area (Å²) in [5, 5.41) is 1.82. The number of ketones is 2. The van der Waals surface area contributed by atoms with Crippen molar-refractivity contribution >= 4 is 22.9 Å². The highest BCUT2D eigenvalue weighted by molar-refractivity contribution is 7.12. The van der Waals surface area contributed by atoms with E-state index in [1.807, 2.05) is 5.38 Å². The van der Waals surface area contributed by atoms with E-state index in [4.69, 9.17) is 0 Å². The Morgan fingerprint density at radius 1 is 1.40 bits per heavy atom. The molecule has 0 atom stereocenters. The molecule has 0 aliphatic carbocycles. The zero-order valence-corrected chi connectivity index (χ0v) is 9.80. The highest BCUT2D eigenvalue weighted by atomic mass is 32.1. The van der Waals surface area contributed by atoms with Crippen molar-refractivity contribution in [2.24, 2.45) is 0 Å². The number of carbonyl (C=O) groups is 2. The van der Waals surface area contributed by atoms with Crippen LogP contribution in [0.2, 0.25) is 0 Å². The molecule has 0 saturated carbocycles. The molecule has 0 bridgehead atoms. The predicted molar refractivity (Wildman–Crippen MR) is 61.1 cm³/mol. The van der Waals surface area contributed by atoms with E-state index in [9.17, 15) is 9.59 Å². The molecule has 0 N–H and O–H groups in total. The molecule has 0 fully saturated rings. The average Bonchev–Trinajstić information content (AvgIpc) is 2.65. The van der Waals surface area contributed by atoms with Gasteiger partial charge in [0.15, 0.2) is 5.78 Å². The van der Waals surface area contributed by atoms with Crippen LogP contribution in [-0.4, -0.2) is 30.6 Å². The van der Waals surface area contributed by atoms with Crippen molar-refractivity contribution in [3.8, 4) is 0 Å². The number of rotatable bonds is 4. The van der Waals surface area contributed by atoms with Gasteiger partial charge >= 0.3 is 0 Å². The fourth-order valence-corrected chi connectivity index (χ4v) is 1.79. The topological polar surface area (TPSA) is 37.4 Å². The standard InChI is InChI=1S/C11H13NO2S/c1-8(13)9(7-12(2)3)11(14)10-5-4-6-15-10/h4-7H,1-3H3. The number of Topliss-reactive ketones (excluding diaryl/α,β-unsaturated/α-hetero) is 2. The molecule has 1 rings (SSSR count). The van der Waals surface area contributed by atoms with Gasteiger partial charge in [0, 0.05) is 20.3 Å². The van der Waals surface area contributed by atoms with E-state index in [-0.39, 0.29) is 17.1 Å². The maximum atomic E-state index is 11.9. The number of allylic oxidation sites excluding steroid dienone is 1. The molecule has 80 valence electrons. The van der Waals surface area contributed by atoms with Gasteiger partial charge < -0.3 is 4.90 Å². The van der Waals surface area contributed by atoms with Crippen LogP contribution in [0.15, 0.2) is 29.3 Å².